The number of guanidine groups is 1. The van der Waals surface area contributed by atoms with Crippen LogP contribution in [-0.2, 0) is 6.54 Å². The molecule has 1 atom stereocenters. The van der Waals surface area contributed by atoms with E-state index in [1.807, 2.05) is 13.0 Å². The Morgan fingerprint density at radius 3 is 2.96 bits per heavy atom. The SMILES string of the molecule is CC(NC(N)=NCc1noc(C2CC2)n1)c1ccc(Cl)cc1Cl. The van der Waals surface area contributed by atoms with E-state index in [-0.39, 0.29) is 12.6 Å². The van der Waals surface area contributed by atoms with Crippen LogP contribution in [0.2, 0.25) is 10.0 Å². The summed E-state index contributed by atoms with van der Waals surface area (Å²) in [6.45, 7) is 2.22. The average molecular weight is 354 g/mol. The van der Waals surface area contributed by atoms with Gasteiger partial charge in [0.25, 0.3) is 0 Å². The van der Waals surface area contributed by atoms with E-state index in [1.165, 1.54) is 0 Å². The lowest BCUT2D eigenvalue weighted by Gasteiger charge is -2.16. The standard InChI is InChI=1S/C15H17Cl2N5O/c1-8(11-5-4-10(16)6-12(11)17)20-15(18)19-7-13-21-14(23-22-13)9-2-3-9/h4-6,8-9H,2-3,7H2,1H3,(H3,18,19,20). The first-order chi connectivity index (χ1) is 11.0. The monoisotopic (exact) mass is 353 g/mol. The van der Waals surface area contributed by atoms with Crippen molar-refractivity contribution in [3.05, 3.63) is 45.5 Å². The van der Waals surface area contributed by atoms with Gasteiger partial charge in [-0.2, -0.15) is 4.98 Å². The highest BCUT2D eigenvalue weighted by Crippen LogP contribution is 2.38. The molecular weight excluding hydrogens is 337 g/mol. The summed E-state index contributed by atoms with van der Waals surface area (Å²) in [5.41, 5.74) is 6.80. The third kappa shape index (κ3) is 4.14. The van der Waals surface area contributed by atoms with Crippen LogP contribution in [0.3, 0.4) is 0 Å². The number of aromatic nitrogens is 2. The Balaban J connectivity index is 1.59. The molecule has 0 radical (unpaired) electrons. The number of nitrogens with zero attached hydrogens (tertiary/aromatic N) is 3. The second-order valence-corrected chi connectivity index (χ2v) is 6.40. The molecule has 3 rings (SSSR count). The van der Waals surface area contributed by atoms with Gasteiger partial charge in [-0.3, -0.25) is 0 Å². The van der Waals surface area contributed by atoms with E-state index in [2.05, 4.69) is 20.4 Å². The smallest absolute Gasteiger partial charge is 0.229 e. The second kappa shape index (κ2) is 6.76. The molecule has 3 N–H and O–H groups in total. The van der Waals surface area contributed by atoms with Crippen LogP contribution in [-0.4, -0.2) is 16.1 Å². The Morgan fingerprint density at radius 1 is 1.48 bits per heavy atom. The van der Waals surface area contributed by atoms with Gasteiger partial charge in [0.05, 0.1) is 6.04 Å². The third-order valence-corrected chi connectivity index (χ3v) is 4.16. The number of rotatable bonds is 5. The summed E-state index contributed by atoms with van der Waals surface area (Å²) in [6.07, 6.45) is 2.24. The van der Waals surface area contributed by atoms with E-state index in [9.17, 15) is 0 Å². The lowest BCUT2D eigenvalue weighted by molar-refractivity contribution is 0.374. The normalized spacial score (nSPS) is 16.4. The van der Waals surface area contributed by atoms with Crippen molar-refractivity contribution in [1.29, 1.82) is 0 Å². The molecule has 1 heterocycles. The van der Waals surface area contributed by atoms with Crippen LogP contribution < -0.4 is 11.1 Å². The quantitative estimate of drug-likeness (QED) is 0.634. The van der Waals surface area contributed by atoms with Gasteiger partial charge in [0, 0.05) is 16.0 Å². The maximum absolute atomic E-state index is 6.18. The van der Waals surface area contributed by atoms with E-state index < -0.39 is 0 Å². The Hall–Kier alpha value is -1.79. The minimum absolute atomic E-state index is 0.101. The first kappa shape index (κ1) is 16.1. The van der Waals surface area contributed by atoms with Crippen LogP contribution in [0.15, 0.2) is 27.7 Å². The Kier molecular flexibility index (Phi) is 4.73. The van der Waals surface area contributed by atoms with Crippen molar-refractivity contribution >= 4 is 29.2 Å². The molecule has 1 unspecified atom stereocenters. The van der Waals surface area contributed by atoms with E-state index in [4.69, 9.17) is 33.5 Å². The van der Waals surface area contributed by atoms with Crippen molar-refractivity contribution in [2.24, 2.45) is 10.7 Å². The Morgan fingerprint density at radius 2 is 2.26 bits per heavy atom. The predicted molar refractivity (Wildman–Crippen MR) is 89.6 cm³/mol. The van der Waals surface area contributed by atoms with Crippen LogP contribution in [0.25, 0.3) is 0 Å². The number of aliphatic imine (C=N–C) groups is 1. The molecule has 1 fully saturated rings. The van der Waals surface area contributed by atoms with E-state index >= 15 is 0 Å². The van der Waals surface area contributed by atoms with Gasteiger partial charge in [-0.1, -0.05) is 34.4 Å². The summed E-state index contributed by atoms with van der Waals surface area (Å²) in [5, 5.41) is 8.16. The Bertz CT molecular complexity index is 726. The largest absolute Gasteiger partial charge is 0.370 e. The highest BCUT2D eigenvalue weighted by Gasteiger charge is 2.29. The molecule has 0 spiro atoms. The van der Waals surface area contributed by atoms with Gasteiger partial charge < -0.3 is 15.6 Å². The lowest BCUT2D eigenvalue weighted by atomic mass is 10.1. The van der Waals surface area contributed by atoms with Crippen molar-refractivity contribution in [2.45, 2.75) is 38.3 Å². The molecule has 8 heteroatoms. The number of benzene rings is 1. The molecule has 1 aliphatic carbocycles. The fourth-order valence-electron chi connectivity index (χ4n) is 2.18. The number of nitrogens with one attached hydrogen (secondary N) is 1. The summed E-state index contributed by atoms with van der Waals surface area (Å²) < 4.78 is 5.18. The van der Waals surface area contributed by atoms with Crippen molar-refractivity contribution in [2.75, 3.05) is 0 Å². The highest BCUT2D eigenvalue weighted by molar-refractivity contribution is 6.35. The van der Waals surface area contributed by atoms with Gasteiger partial charge in [0.1, 0.15) is 6.54 Å². The minimum Gasteiger partial charge on any atom is -0.370 e. The van der Waals surface area contributed by atoms with Gasteiger partial charge in [-0.15, -0.1) is 0 Å². The number of hydrogen-bond donors (Lipinski definition) is 2. The molecule has 23 heavy (non-hydrogen) atoms. The van der Waals surface area contributed by atoms with Crippen molar-refractivity contribution in [3.8, 4) is 0 Å². The minimum atomic E-state index is -0.101. The first-order valence-electron chi connectivity index (χ1n) is 7.37. The van der Waals surface area contributed by atoms with E-state index in [0.29, 0.717) is 33.6 Å². The van der Waals surface area contributed by atoms with Crippen molar-refractivity contribution < 1.29 is 4.52 Å². The summed E-state index contributed by atoms with van der Waals surface area (Å²) in [6, 6.07) is 5.24. The van der Waals surface area contributed by atoms with E-state index in [0.717, 1.165) is 18.4 Å². The molecule has 1 saturated carbocycles. The fourth-order valence-corrected chi connectivity index (χ4v) is 2.75. The third-order valence-electron chi connectivity index (χ3n) is 3.59. The molecule has 0 bridgehead atoms. The van der Waals surface area contributed by atoms with Crippen molar-refractivity contribution in [3.63, 3.8) is 0 Å². The topological polar surface area (TPSA) is 89.3 Å². The molecule has 6 nitrogen and oxygen atoms in total. The molecular formula is C15H17Cl2N5O. The number of halogens is 2. The molecule has 2 aromatic rings. The van der Waals surface area contributed by atoms with Crippen LogP contribution in [0.5, 0.6) is 0 Å². The predicted octanol–water partition coefficient (Wildman–Crippen LogP) is 3.42. The molecule has 1 aromatic carbocycles. The number of nitrogens with two attached hydrogens (primary N) is 1. The fraction of sp³-hybridized carbons (Fsp3) is 0.400. The summed E-state index contributed by atoms with van der Waals surface area (Å²) in [7, 11) is 0. The van der Waals surface area contributed by atoms with Gasteiger partial charge in [0.2, 0.25) is 5.89 Å². The zero-order valence-corrected chi connectivity index (χ0v) is 14.1. The van der Waals surface area contributed by atoms with Crippen LogP contribution >= 0.6 is 23.2 Å². The van der Waals surface area contributed by atoms with Crippen LogP contribution in [0, 0.1) is 0 Å². The van der Waals surface area contributed by atoms with Gasteiger partial charge in [0.15, 0.2) is 11.8 Å². The van der Waals surface area contributed by atoms with Crippen molar-refractivity contribution in [1.82, 2.24) is 15.5 Å². The molecule has 0 aliphatic heterocycles. The summed E-state index contributed by atoms with van der Waals surface area (Å²) >= 11 is 12.1. The van der Waals surface area contributed by atoms with Crippen LogP contribution in [0.1, 0.15) is 49.0 Å². The van der Waals surface area contributed by atoms with Gasteiger partial charge >= 0.3 is 0 Å². The molecule has 1 aliphatic rings. The zero-order chi connectivity index (χ0) is 16.4. The highest BCUT2D eigenvalue weighted by atomic mass is 35.5. The Labute approximate surface area is 144 Å². The van der Waals surface area contributed by atoms with Gasteiger partial charge in [-0.05, 0) is 37.5 Å². The molecule has 0 saturated heterocycles. The second-order valence-electron chi connectivity index (χ2n) is 5.56. The molecule has 0 amide bonds. The molecule has 1 aromatic heterocycles. The molecule has 122 valence electrons. The summed E-state index contributed by atoms with van der Waals surface area (Å²) in [4.78, 5) is 8.53. The average Bonchev–Trinajstić information content (AvgIpc) is 3.24. The number of hydrogen-bond acceptors (Lipinski definition) is 4. The van der Waals surface area contributed by atoms with Crippen LogP contribution in [0.4, 0.5) is 0 Å². The van der Waals surface area contributed by atoms with E-state index in [1.54, 1.807) is 12.1 Å². The maximum atomic E-state index is 6.18. The maximum Gasteiger partial charge on any atom is 0.229 e. The first-order valence-corrected chi connectivity index (χ1v) is 8.12. The summed E-state index contributed by atoms with van der Waals surface area (Å²) in [5.74, 6) is 1.96. The van der Waals surface area contributed by atoms with Gasteiger partial charge in [-0.25, -0.2) is 4.99 Å². The lowest BCUT2D eigenvalue weighted by Crippen LogP contribution is -2.34. The zero-order valence-electron chi connectivity index (χ0n) is 12.6.